The molecule has 1 N–H and O–H groups in total. The summed E-state index contributed by atoms with van der Waals surface area (Å²) in [6.45, 7) is 6.00. The molecule has 0 aromatic rings. The highest BCUT2D eigenvalue weighted by Crippen LogP contribution is 2.70. The van der Waals surface area contributed by atoms with E-state index in [0.29, 0.717) is 31.3 Å². The van der Waals surface area contributed by atoms with Crippen LogP contribution >= 0.6 is 0 Å². The molecule has 7 nitrogen and oxygen atoms in total. The Labute approximate surface area is 205 Å². The van der Waals surface area contributed by atoms with Crippen LogP contribution in [0.1, 0.15) is 72.6 Å². The lowest BCUT2D eigenvalue weighted by Crippen LogP contribution is -2.69. The number of aliphatic hydroxyl groups excluding tert-OH is 1. The van der Waals surface area contributed by atoms with Crippen LogP contribution in [0.2, 0.25) is 0 Å². The summed E-state index contributed by atoms with van der Waals surface area (Å²) in [7, 11) is 0. The molecule has 4 rings (SSSR count). The van der Waals surface area contributed by atoms with Crippen molar-refractivity contribution in [2.75, 3.05) is 6.61 Å². The summed E-state index contributed by atoms with van der Waals surface area (Å²) in [5, 5.41) is 11.5. The van der Waals surface area contributed by atoms with E-state index in [1.54, 1.807) is 19.9 Å². The molecule has 0 radical (unpaired) electrons. The second-order valence-electron chi connectivity index (χ2n) is 11.1. The maximum atomic E-state index is 17.2. The monoisotopic (exact) mass is 490 g/mol. The molecule has 0 aromatic carbocycles. The lowest BCUT2D eigenvalue weighted by molar-refractivity contribution is -0.225. The number of carbonyl (C=O) groups is 4. The molecule has 0 heterocycles. The summed E-state index contributed by atoms with van der Waals surface area (Å²) in [6.07, 6.45) is 5.05. The maximum absolute atomic E-state index is 17.2. The summed E-state index contributed by atoms with van der Waals surface area (Å²) < 4.78 is 28.2. The minimum Gasteiger partial charge on any atom is -0.458 e. The topological polar surface area (TPSA) is 107 Å². The molecule has 7 atom stereocenters. The zero-order chi connectivity index (χ0) is 25.8. The number of alkyl halides is 1. The van der Waals surface area contributed by atoms with E-state index in [0.717, 1.165) is 0 Å². The van der Waals surface area contributed by atoms with Gasteiger partial charge in [-0.05, 0) is 63.5 Å². The van der Waals surface area contributed by atoms with Gasteiger partial charge in [0.15, 0.2) is 23.7 Å². The minimum atomic E-state index is -2.04. The van der Waals surface area contributed by atoms with E-state index in [9.17, 15) is 24.3 Å². The van der Waals surface area contributed by atoms with E-state index >= 15 is 4.39 Å². The van der Waals surface area contributed by atoms with Gasteiger partial charge in [0.2, 0.25) is 5.78 Å². The van der Waals surface area contributed by atoms with Crippen molar-refractivity contribution in [1.29, 1.82) is 0 Å². The van der Waals surface area contributed by atoms with Gasteiger partial charge in [-0.25, -0.2) is 4.39 Å². The molecule has 0 unspecified atom stereocenters. The molecule has 0 bridgehead atoms. The molecule has 3 fully saturated rings. The van der Waals surface area contributed by atoms with Gasteiger partial charge >= 0.3 is 11.9 Å². The number of hydrogen-bond donors (Lipinski definition) is 1. The van der Waals surface area contributed by atoms with Crippen LogP contribution in [0.5, 0.6) is 0 Å². The SMILES string of the molecule is CCCC(=O)O[C@@]1(C(=O)COC(C)=O)CC[C@H]2[C@@H]3CCC4=CC(=O)C=C[C@]4(C)[C@@]3(F)[C@@H](O)C[C@@]21C. The lowest BCUT2D eigenvalue weighted by Gasteiger charge is -2.62. The first-order valence-corrected chi connectivity index (χ1v) is 12.6. The summed E-state index contributed by atoms with van der Waals surface area (Å²) in [6, 6.07) is 0. The zero-order valence-electron chi connectivity index (χ0n) is 20.9. The van der Waals surface area contributed by atoms with E-state index in [1.807, 2.05) is 6.92 Å². The maximum Gasteiger partial charge on any atom is 0.306 e. The van der Waals surface area contributed by atoms with Gasteiger partial charge in [-0.1, -0.05) is 25.5 Å². The highest BCUT2D eigenvalue weighted by molar-refractivity contribution is 6.01. The van der Waals surface area contributed by atoms with Crippen LogP contribution in [0.3, 0.4) is 0 Å². The van der Waals surface area contributed by atoms with Crippen molar-refractivity contribution in [3.8, 4) is 0 Å². The number of carbonyl (C=O) groups excluding carboxylic acids is 4. The highest BCUT2D eigenvalue weighted by atomic mass is 19.1. The third-order valence-corrected chi connectivity index (χ3v) is 9.36. The average molecular weight is 491 g/mol. The Hall–Kier alpha value is -2.35. The number of aliphatic hydroxyl groups is 1. The highest BCUT2D eigenvalue weighted by Gasteiger charge is 2.75. The third kappa shape index (κ3) is 3.54. The van der Waals surface area contributed by atoms with E-state index in [-0.39, 0.29) is 31.0 Å². The van der Waals surface area contributed by atoms with Crippen molar-refractivity contribution < 1.29 is 38.1 Å². The lowest BCUT2D eigenvalue weighted by atomic mass is 9.44. The fourth-order valence-corrected chi connectivity index (χ4v) is 7.61. The number of ether oxygens (including phenoxy) is 2. The molecule has 3 saturated carbocycles. The molecule has 0 aromatic heterocycles. The number of rotatable bonds is 6. The van der Waals surface area contributed by atoms with Gasteiger partial charge < -0.3 is 14.6 Å². The molecule has 8 heteroatoms. The molecule has 4 aliphatic carbocycles. The van der Waals surface area contributed by atoms with Crippen LogP contribution < -0.4 is 0 Å². The molecule has 0 amide bonds. The molecular formula is C27H35FO7. The van der Waals surface area contributed by atoms with Crippen molar-refractivity contribution in [2.45, 2.75) is 90.0 Å². The van der Waals surface area contributed by atoms with Crippen molar-refractivity contribution in [3.05, 3.63) is 23.8 Å². The smallest absolute Gasteiger partial charge is 0.306 e. The largest absolute Gasteiger partial charge is 0.458 e. The molecule has 0 spiro atoms. The van der Waals surface area contributed by atoms with Gasteiger partial charge in [-0.3, -0.25) is 19.2 Å². The van der Waals surface area contributed by atoms with Crippen LogP contribution in [0.15, 0.2) is 23.8 Å². The second-order valence-corrected chi connectivity index (χ2v) is 11.1. The number of esters is 2. The van der Waals surface area contributed by atoms with Crippen molar-refractivity contribution in [1.82, 2.24) is 0 Å². The molecule has 0 aliphatic heterocycles. The predicted octanol–water partition coefficient (Wildman–Crippen LogP) is 3.57. The molecule has 192 valence electrons. The summed E-state index contributed by atoms with van der Waals surface area (Å²) in [5.41, 5.74) is -5.16. The normalized spacial score (nSPS) is 41.8. The standard InChI is InChI=1S/C27H35FO7/c1-5-6-23(33)35-26(22(32)15-34-16(2)29)12-10-19-20-8-7-17-13-18(30)9-11-24(17,3)27(20,28)21(31)14-25(19,26)4/h9,11,13,19-21,31H,5-8,10,12,14-15H2,1-4H3/t19-,20-,21-,24-,25-,26+,27-/m0/s1. The van der Waals surface area contributed by atoms with Crippen LogP contribution in [0.25, 0.3) is 0 Å². The van der Waals surface area contributed by atoms with Crippen molar-refractivity contribution in [3.63, 3.8) is 0 Å². The van der Waals surface area contributed by atoms with Crippen molar-refractivity contribution in [2.24, 2.45) is 22.7 Å². The van der Waals surface area contributed by atoms with Crippen LogP contribution in [0.4, 0.5) is 4.39 Å². The second kappa shape index (κ2) is 8.64. The average Bonchev–Trinajstić information content (AvgIpc) is 3.06. The number of halogens is 1. The van der Waals surface area contributed by atoms with E-state index < -0.39 is 58.5 Å². The first-order valence-electron chi connectivity index (χ1n) is 12.6. The Morgan fingerprint density at radius 2 is 1.91 bits per heavy atom. The van der Waals surface area contributed by atoms with Gasteiger partial charge in [0.05, 0.1) is 6.10 Å². The predicted molar refractivity (Wildman–Crippen MR) is 124 cm³/mol. The van der Waals surface area contributed by atoms with Gasteiger partial charge in [0.25, 0.3) is 0 Å². The van der Waals surface area contributed by atoms with Gasteiger partial charge in [0.1, 0.15) is 0 Å². The van der Waals surface area contributed by atoms with Gasteiger partial charge in [-0.2, -0.15) is 0 Å². The van der Waals surface area contributed by atoms with Crippen LogP contribution in [0, 0.1) is 22.7 Å². The van der Waals surface area contributed by atoms with E-state index in [4.69, 9.17) is 9.47 Å². The Morgan fingerprint density at radius 3 is 2.57 bits per heavy atom. The fraction of sp³-hybridized carbons (Fsp3) is 0.704. The Bertz CT molecular complexity index is 1020. The van der Waals surface area contributed by atoms with Gasteiger partial charge in [-0.15, -0.1) is 0 Å². The molecular weight excluding hydrogens is 455 g/mol. The zero-order valence-corrected chi connectivity index (χ0v) is 20.9. The van der Waals surface area contributed by atoms with E-state index in [2.05, 4.69) is 0 Å². The first-order chi connectivity index (χ1) is 16.4. The Balaban J connectivity index is 1.77. The summed E-state index contributed by atoms with van der Waals surface area (Å²) in [5.74, 6) is -2.84. The minimum absolute atomic E-state index is 0.0967. The van der Waals surface area contributed by atoms with Crippen LogP contribution in [-0.4, -0.2) is 52.6 Å². The van der Waals surface area contributed by atoms with Crippen molar-refractivity contribution >= 4 is 23.5 Å². The molecule has 4 aliphatic rings. The number of allylic oxidation sites excluding steroid dienone is 4. The molecule has 0 saturated heterocycles. The number of fused-ring (bicyclic) bond motifs is 5. The fourth-order valence-electron chi connectivity index (χ4n) is 7.61. The Kier molecular flexibility index (Phi) is 6.36. The number of Topliss-reactive ketones (excluding diaryl/α,β-unsaturated/α-hetero) is 1. The van der Waals surface area contributed by atoms with Crippen LogP contribution in [-0.2, 0) is 28.7 Å². The summed E-state index contributed by atoms with van der Waals surface area (Å²) >= 11 is 0. The molecule has 35 heavy (non-hydrogen) atoms. The quantitative estimate of drug-likeness (QED) is 0.567. The van der Waals surface area contributed by atoms with Gasteiger partial charge in [0, 0.05) is 30.1 Å². The number of hydrogen-bond acceptors (Lipinski definition) is 7. The third-order valence-electron chi connectivity index (χ3n) is 9.36. The summed E-state index contributed by atoms with van der Waals surface area (Å²) in [4.78, 5) is 49.7. The van der Waals surface area contributed by atoms with E-state index in [1.165, 1.54) is 19.1 Å². The Morgan fingerprint density at radius 1 is 1.20 bits per heavy atom. The first kappa shape index (κ1) is 25.7. The number of ketones is 2.